The molecule has 1 nitrogen and oxygen atoms in total. The monoisotopic (exact) mass is 197 g/mol. The Kier molecular flexibility index (Phi) is 6.25. The fourth-order valence-electron chi connectivity index (χ4n) is 2.54. The summed E-state index contributed by atoms with van der Waals surface area (Å²) in [6.45, 7) is 4.61. The first-order chi connectivity index (χ1) is 6.83. The highest BCUT2D eigenvalue weighted by molar-refractivity contribution is 4.73. The minimum atomic E-state index is 0.726. The molecule has 0 bridgehead atoms. The molecule has 1 N–H and O–H groups in total. The highest BCUT2D eigenvalue weighted by Crippen LogP contribution is 2.17. The molecule has 1 aliphatic carbocycles. The van der Waals surface area contributed by atoms with Crippen molar-refractivity contribution in [3.05, 3.63) is 0 Å². The zero-order valence-corrected chi connectivity index (χ0v) is 10.0. The molecule has 1 rings (SSSR count). The second-order valence-electron chi connectivity index (χ2n) is 4.90. The SMILES string of the molecule is CCCC(C)NC1CCCCCCC1. The van der Waals surface area contributed by atoms with Gasteiger partial charge < -0.3 is 5.32 Å². The van der Waals surface area contributed by atoms with Gasteiger partial charge in [-0.15, -0.1) is 0 Å². The summed E-state index contributed by atoms with van der Waals surface area (Å²) in [5, 5.41) is 3.79. The summed E-state index contributed by atoms with van der Waals surface area (Å²) in [5.41, 5.74) is 0. The van der Waals surface area contributed by atoms with Gasteiger partial charge in [0.05, 0.1) is 0 Å². The van der Waals surface area contributed by atoms with Crippen molar-refractivity contribution in [1.29, 1.82) is 0 Å². The van der Waals surface area contributed by atoms with Crippen LogP contribution in [-0.2, 0) is 0 Å². The van der Waals surface area contributed by atoms with Gasteiger partial charge in [0, 0.05) is 12.1 Å². The van der Waals surface area contributed by atoms with E-state index in [4.69, 9.17) is 0 Å². The molecule has 0 saturated heterocycles. The van der Waals surface area contributed by atoms with E-state index in [0.29, 0.717) is 0 Å². The molecule has 1 atom stereocenters. The van der Waals surface area contributed by atoms with Crippen LogP contribution < -0.4 is 5.32 Å². The Morgan fingerprint density at radius 2 is 1.64 bits per heavy atom. The number of hydrogen-bond acceptors (Lipinski definition) is 1. The molecule has 1 aliphatic rings. The van der Waals surface area contributed by atoms with Crippen LogP contribution in [0, 0.1) is 0 Å². The summed E-state index contributed by atoms with van der Waals surface area (Å²) in [5.74, 6) is 0. The van der Waals surface area contributed by atoms with Crippen LogP contribution in [0.2, 0.25) is 0 Å². The Hall–Kier alpha value is -0.0400. The van der Waals surface area contributed by atoms with Crippen LogP contribution in [0.25, 0.3) is 0 Å². The minimum Gasteiger partial charge on any atom is -0.312 e. The highest BCUT2D eigenvalue weighted by Gasteiger charge is 2.12. The van der Waals surface area contributed by atoms with E-state index in [2.05, 4.69) is 19.2 Å². The summed E-state index contributed by atoms with van der Waals surface area (Å²) in [4.78, 5) is 0. The average Bonchev–Trinajstić information content (AvgIpc) is 2.10. The molecule has 0 amide bonds. The normalized spacial score (nSPS) is 22.7. The minimum absolute atomic E-state index is 0.726. The van der Waals surface area contributed by atoms with Gasteiger partial charge in [-0.25, -0.2) is 0 Å². The summed E-state index contributed by atoms with van der Waals surface area (Å²) in [6.07, 6.45) is 12.7. The fourth-order valence-corrected chi connectivity index (χ4v) is 2.54. The van der Waals surface area contributed by atoms with Crippen molar-refractivity contribution in [3.63, 3.8) is 0 Å². The van der Waals surface area contributed by atoms with Gasteiger partial charge in [0.1, 0.15) is 0 Å². The predicted octanol–water partition coefficient (Wildman–Crippen LogP) is 3.88. The number of rotatable bonds is 4. The van der Waals surface area contributed by atoms with Gasteiger partial charge in [0.2, 0.25) is 0 Å². The van der Waals surface area contributed by atoms with Crippen LogP contribution >= 0.6 is 0 Å². The third kappa shape index (κ3) is 4.99. The van der Waals surface area contributed by atoms with Crippen LogP contribution in [-0.4, -0.2) is 12.1 Å². The Morgan fingerprint density at radius 1 is 1.07 bits per heavy atom. The van der Waals surface area contributed by atoms with Crippen molar-refractivity contribution in [3.8, 4) is 0 Å². The Morgan fingerprint density at radius 3 is 2.21 bits per heavy atom. The molecular weight excluding hydrogens is 170 g/mol. The van der Waals surface area contributed by atoms with Crippen molar-refractivity contribution >= 4 is 0 Å². The lowest BCUT2D eigenvalue weighted by atomic mass is 9.96. The van der Waals surface area contributed by atoms with Crippen molar-refractivity contribution in [2.75, 3.05) is 0 Å². The second-order valence-corrected chi connectivity index (χ2v) is 4.90. The molecule has 1 heteroatoms. The van der Waals surface area contributed by atoms with Crippen LogP contribution in [0.1, 0.15) is 71.6 Å². The first-order valence-corrected chi connectivity index (χ1v) is 6.59. The lowest BCUT2D eigenvalue weighted by Crippen LogP contribution is -2.36. The summed E-state index contributed by atoms with van der Waals surface area (Å²) in [7, 11) is 0. The maximum absolute atomic E-state index is 3.79. The van der Waals surface area contributed by atoms with Crippen LogP contribution in [0.4, 0.5) is 0 Å². The van der Waals surface area contributed by atoms with E-state index in [0.717, 1.165) is 12.1 Å². The molecule has 0 radical (unpaired) electrons. The van der Waals surface area contributed by atoms with Crippen molar-refractivity contribution < 1.29 is 0 Å². The van der Waals surface area contributed by atoms with E-state index in [1.807, 2.05) is 0 Å². The lowest BCUT2D eigenvalue weighted by molar-refractivity contribution is 0.350. The van der Waals surface area contributed by atoms with Gasteiger partial charge in [-0.1, -0.05) is 45.4 Å². The largest absolute Gasteiger partial charge is 0.312 e. The zero-order chi connectivity index (χ0) is 10.2. The van der Waals surface area contributed by atoms with Gasteiger partial charge in [-0.05, 0) is 26.2 Å². The third-order valence-corrected chi connectivity index (χ3v) is 3.35. The quantitative estimate of drug-likeness (QED) is 0.721. The van der Waals surface area contributed by atoms with Crippen molar-refractivity contribution in [1.82, 2.24) is 5.32 Å². The van der Waals surface area contributed by atoms with Crippen LogP contribution in [0.3, 0.4) is 0 Å². The molecule has 0 aromatic carbocycles. The zero-order valence-electron chi connectivity index (χ0n) is 10.0. The molecule has 0 aromatic rings. The van der Waals surface area contributed by atoms with Gasteiger partial charge in [-0.3, -0.25) is 0 Å². The van der Waals surface area contributed by atoms with E-state index in [-0.39, 0.29) is 0 Å². The Balaban J connectivity index is 2.19. The maximum atomic E-state index is 3.79. The first-order valence-electron chi connectivity index (χ1n) is 6.59. The van der Waals surface area contributed by atoms with E-state index in [9.17, 15) is 0 Å². The molecule has 84 valence electrons. The first kappa shape index (κ1) is 12.0. The molecule has 0 aliphatic heterocycles. The molecule has 0 aromatic heterocycles. The van der Waals surface area contributed by atoms with E-state index < -0.39 is 0 Å². The Bertz CT molecular complexity index is 125. The van der Waals surface area contributed by atoms with Crippen molar-refractivity contribution in [2.45, 2.75) is 83.7 Å². The molecule has 14 heavy (non-hydrogen) atoms. The summed E-state index contributed by atoms with van der Waals surface area (Å²) in [6, 6.07) is 1.54. The standard InChI is InChI=1S/C13H27N/c1-3-9-12(2)14-13-10-7-5-4-6-8-11-13/h12-14H,3-11H2,1-2H3. The van der Waals surface area contributed by atoms with E-state index in [1.165, 1.54) is 57.8 Å². The Labute approximate surface area is 89.7 Å². The second kappa shape index (κ2) is 7.28. The maximum Gasteiger partial charge on any atom is 0.00695 e. The summed E-state index contributed by atoms with van der Waals surface area (Å²) < 4.78 is 0. The van der Waals surface area contributed by atoms with E-state index in [1.54, 1.807) is 0 Å². The third-order valence-electron chi connectivity index (χ3n) is 3.35. The van der Waals surface area contributed by atoms with Crippen LogP contribution in [0.15, 0.2) is 0 Å². The number of hydrogen-bond donors (Lipinski definition) is 1. The highest BCUT2D eigenvalue weighted by atomic mass is 14.9. The molecule has 1 saturated carbocycles. The van der Waals surface area contributed by atoms with Gasteiger partial charge in [0.25, 0.3) is 0 Å². The molecule has 0 heterocycles. The number of nitrogens with one attached hydrogen (secondary N) is 1. The molecule has 0 spiro atoms. The van der Waals surface area contributed by atoms with Gasteiger partial charge in [0.15, 0.2) is 0 Å². The van der Waals surface area contributed by atoms with Gasteiger partial charge >= 0.3 is 0 Å². The summed E-state index contributed by atoms with van der Waals surface area (Å²) >= 11 is 0. The smallest absolute Gasteiger partial charge is 0.00695 e. The van der Waals surface area contributed by atoms with Gasteiger partial charge in [-0.2, -0.15) is 0 Å². The van der Waals surface area contributed by atoms with Crippen LogP contribution in [0.5, 0.6) is 0 Å². The molecule has 1 fully saturated rings. The topological polar surface area (TPSA) is 12.0 Å². The fraction of sp³-hybridized carbons (Fsp3) is 1.00. The predicted molar refractivity (Wildman–Crippen MR) is 63.6 cm³/mol. The van der Waals surface area contributed by atoms with E-state index >= 15 is 0 Å². The molecule has 1 unspecified atom stereocenters. The molecular formula is C13H27N. The van der Waals surface area contributed by atoms with Crippen molar-refractivity contribution in [2.24, 2.45) is 0 Å². The lowest BCUT2D eigenvalue weighted by Gasteiger charge is -2.24. The average molecular weight is 197 g/mol.